The minimum atomic E-state index is 0.792. The highest BCUT2D eigenvalue weighted by atomic mass is 79.9. The van der Waals surface area contributed by atoms with Crippen molar-refractivity contribution in [1.82, 2.24) is 4.90 Å². The average molecular weight is 326 g/mol. The Bertz CT molecular complexity index is 412. The molecule has 0 atom stereocenters. The summed E-state index contributed by atoms with van der Waals surface area (Å²) < 4.78 is 1.05. The molecule has 2 N–H and O–H groups in total. The van der Waals surface area contributed by atoms with E-state index in [1.165, 1.54) is 18.7 Å². The van der Waals surface area contributed by atoms with Gasteiger partial charge in [0.2, 0.25) is 0 Å². The summed E-state index contributed by atoms with van der Waals surface area (Å²) in [5, 5.41) is 0. The average Bonchev–Trinajstić information content (AvgIpc) is 2.37. The van der Waals surface area contributed by atoms with Gasteiger partial charge in [0.05, 0.1) is 11.4 Å². The summed E-state index contributed by atoms with van der Waals surface area (Å²) in [6.45, 7) is 10.2. The first-order valence-electron chi connectivity index (χ1n) is 7.08. The molecule has 0 radical (unpaired) electrons. The summed E-state index contributed by atoms with van der Waals surface area (Å²) in [5.41, 5.74) is 8.14. The van der Waals surface area contributed by atoms with Crippen LogP contribution in [0.15, 0.2) is 22.7 Å². The highest BCUT2D eigenvalue weighted by Crippen LogP contribution is 2.27. The Kier molecular flexibility index (Phi) is 5.11. The lowest BCUT2D eigenvalue weighted by Gasteiger charge is -2.36. The van der Waals surface area contributed by atoms with Crippen LogP contribution < -0.4 is 10.6 Å². The lowest BCUT2D eigenvalue weighted by molar-refractivity contribution is 0.244. The van der Waals surface area contributed by atoms with E-state index < -0.39 is 0 Å². The third-order valence-electron chi connectivity index (χ3n) is 3.73. The first-order chi connectivity index (χ1) is 9.06. The molecule has 0 saturated carbocycles. The van der Waals surface area contributed by atoms with E-state index >= 15 is 0 Å². The fourth-order valence-electron chi connectivity index (χ4n) is 2.47. The van der Waals surface area contributed by atoms with Crippen molar-refractivity contribution in [3.63, 3.8) is 0 Å². The number of halogens is 1. The Labute approximate surface area is 124 Å². The highest BCUT2D eigenvalue weighted by molar-refractivity contribution is 9.10. The molecule has 1 aromatic rings. The molecule has 0 amide bonds. The van der Waals surface area contributed by atoms with E-state index in [4.69, 9.17) is 5.73 Å². The Morgan fingerprint density at radius 1 is 1.21 bits per heavy atom. The molecule has 0 spiro atoms. The zero-order valence-corrected chi connectivity index (χ0v) is 13.5. The number of nitrogens with two attached hydrogens (primary N) is 1. The van der Waals surface area contributed by atoms with Crippen LogP contribution in [0.4, 0.5) is 11.4 Å². The predicted octanol–water partition coefficient (Wildman–Crippen LogP) is 3.20. The zero-order valence-electron chi connectivity index (χ0n) is 11.9. The van der Waals surface area contributed by atoms with E-state index in [1.807, 2.05) is 6.07 Å². The van der Waals surface area contributed by atoms with Crippen LogP contribution in [0.3, 0.4) is 0 Å². The maximum absolute atomic E-state index is 6.10. The smallest absolute Gasteiger partial charge is 0.0601 e. The largest absolute Gasteiger partial charge is 0.397 e. The summed E-state index contributed by atoms with van der Waals surface area (Å²) in [7, 11) is 0. The number of anilines is 2. The van der Waals surface area contributed by atoms with E-state index in [1.54, 1.807) is 0 Å². The fraction of sp³-hybridized carbons (Fsp3) is 0.600. The van der Waals surface area contributed by atoms with Crippen LogP contribution in [-0.2, 0) is 0 Å². The van der Waals surface area contributed by atoms with Gasteiger partial charge in [-0.3, -0.25) is 4.90 Å². The van der Waals surface area contributed by atoms with Crippen molar-refractivity contribution in [3.05, 3.63) is 22.7 Å². The van der Waals surface area contributed by atoms with Crippen LogP contribution in [0, 0.1) is 5.92 Å². The molecular weight excluding hydrogens is 302 g/mol. The van der Waals surface area contributed by atoms with Gasteiger partial charge >= 0.3 is 0 Å². The lowest BCUT2D eigenvalue weighted by atomic mass is 10.1. The van der Waals surface area contributed by atoms with E-state index in [9.17, 15) is 0 Å². The van der Waals surface area contributed by atoms with E-state index in [0.717, 1.165) is 42.3 Å². The number of rotatable bonds is 4. The standard InChI is InChI=1S/C15H24BrN3/c1-12(2)5-6-18-7-9-19(10-8-18)15-4-3-13(16)11-14(15)17/h3-4,11-12H,5-10,17H2,1-2H3. The predicted molar refractivity (Wildman–Crippen MR) is 86.7 cm³/mol. The second-order valence-electron chi connectivity index (χ2n) is 5.71. The van der Waals surface area contributed by atoms with Crippen molar-refractivity contribution < 1.29 is 0 Å². The molecule has 0 aliphatic carbocycles. The first kappa shape index (κ1) is 14.7. The molecular formula is C15H24BrN3. The Hall–Kier alpha value is -0.740. The van der Waals surface area contributed by atoms with Crippen LogP contribution in [0.2, 0.25) is 0 Å². The Morgan fingerprint density at radius 2 is 1.89 bits per heavy atom. The molecule has 1 aliphatic rings. The number of hydrogen-bond acceptors (Lipinski definition) is 3. The molecule has 0 aromatic heterocycles. The van der Waals surface area contributed by atoms with Gasteiger partial charge in [-0.25, -0.2) is 0 Å². The normalized spacial score (nSPS) is 17.2. The van der Waals surface area contributed by atoms with Crippen molar-refractivity contribution in [2.45, 2.75) is 20.3 Å². The lowest BCUT2D eigenvalue weighted by Crippen LogP contribution is -2.47. The molecule has 1 aromatic carbocycles. The summed E-state index contributed by atoms with van der Waals surface area (Å²) in [6, 6.07) is 6.17. The van der Waals surface area contributed by atoms with E-state index in [-0.39, 0.29) is 0 Å². The first-order valence-corrected chi connectivity index (χ1v) is 7.88. The second kappa shape index (κ2) is 6.62. The molecule has 2 rings (SSSR count). The van der Waals surface area contributed by atoms with Crippen LogP contribution in [0.25, 0.3) is 0 Å². The van der Waals surface area contributed by atoms with Gasteiger partial charge in [-0.2, -0.15) is 0 Å². The monoisotopic (exact) mass is 325 g/mol. The summed E-state index contributed by atoms with van der Waals surface area (Å²) in [6.07, 6.45) is 1.29. The number of piperazine rings is 1. The van der Waals surface area contributed by atoms with Crippen LogP contribution in [0.5, 0.6) is 0 Å². The molecule has 1 heterocycles. The van der Waals surface area contributed by atoms with Gasteiger partial charge in [0.25, 0.3) is 0 Å². The van der Waals surface area contributed by atoms with Crippen LogP contribution in [0.1, 0.15) is 20.3 Å². The molecule has 1 fully saturated rings. The van der Waals surface area contributed by atoms with Crippen molar-refractivity contribution in [2.24, 2.45) is 5.92 Å². The third-order valence-corrected chi connectivity index (χ3v) is 4.22. The van der Waals surface area contributed by atoms with E-state index in [2.05, 4.69) is 51.7 Å². The zero-order chi connectivity index (χ0) is 13.8. The van der Waals surface area contributed by atoms with Gasteiger partial charge in [-0.15, -0.1) is 0 Å². The maximum atomic E-state index is 6.10. The van der Waals surface area contributed by atoms with Gasteiger partial charge in [0.1, 0.15) is 0 Å². The summed E-state index contributed by atoms with van der Waals surface area (Å²) in [5.74, 6) is 0.792. The van der Waals surface area contributed by atoms with Gasteiger partial charge in [-0.1, -0.05) is 29.8 Å². The molecule has 106 valence electrons. The van der Waals surface area contributed by atoms with Crippen molar-refractivity contribution in [2.75, 3.05) is 43.4 Å². The van der Waals surface area contributed by atoms with Gasteiger partial charge in [-0.05, 0) is 37.1 Å². The van der Waals surface area contributed by atoms with Crippen molar-refractivity contribution in [1.29, 1.82) is 0 Å². The number of nitrogens with zero attached hydrogens (tertiary/aromatic N) is 2. The molecule has 0 unspecified atom stereocenters. The minimum absolute atomic E-state index is 0.792. The van der Waals surface area contributed by atoms with Gasteiger partial charge in [0, 0.05) is 30.7 Å². The molecule has 0 bridgehead atoms. The third kappa shape index (κ3) is 4.11. The highest BCUT2D eigenvalue weighted by Gasteiger charge is 2.18. The Balaban J connectivity index is 1.89. The quantitative estimate of drug-likeness (QED) is 0.863. The van der Waals surface area contributed by atoms with Crippen molar-refractivity contribution in [3.8, 4) is 0 Å². The molecule has 19 heavy (non-hydrogen) atoms. The molecule has 4 heteroatoms. The fourth-order valence-corrected chi connectivity index (χ4v) is 2.85. The summed E-state index contributed by atoms with van der Waals surface area (Å²) in [4.78, 5) is 4.96. The van der Waals surface area contributed by atoms with Gasteiger partial charge in [0.15, 0.2) is 0 Å². The number of benzene rings is 1. The Morgan fingerprint density at radius 3 is 2.47 bits per heavy atom. The SMILES string of the molecule is CC(C)CCN1CCN(c2ccc(Br)cc2N)CC1. The molecule has 1 aliphatic heterocycles. The number of hydrogen-bond donors (Lipinski definition) is 1. The minimum Gasteiger partial charge on any atom is -0.397 e. The maximum Gasteiger partial charge on any atom is 0.0601 e. The van der Waals surface area contributed by atoms with Gasteiger partial charge < -0.3 is 10.6 Å². The second-order valence-corrected chi connectivity index (χ2v) is 6.63. The summed E-state index contributed by atoms with van der Waals surface area (Å²) >= 11 is 3.46. The molecule has 1 saturated heterocycles. The van der Waals surface area contributed by atoms with Crippen LogP contribution >= 0.6 is 15.9 Å². The number of nitrogen functional groups attached to an aromatic ring is 1. The van der Waals surface area contributed by atoms with Crippen LogP contribution in [-0.4, -0.2) is 37.6 Å². The topological polar surface area (TPSA) is 32.5 Å². The molecule has 3 nitrogen and oxygen atoms in total. The van der Waals surface area contributed by atoms with Crippen molar-refractivity contribution >= 4 is 27.3 Å². The van der Waals surface area contributed by atoms with E-state index in [0.29, 0.717) is 0 Å².